The first-order valence-corrected chi connectivity index (χ1v) is 13.4. The van der Waals surface area contributed by atoms with Crippen LogP contribution in [0.15, 0.2) is 77.7 Å². The SMILES string of the molecule is COc1ccc(S(=O)(=O)N2CCN(C[C@@H](O)COc3ccc(Oc4ccccc4)cc3)CC2)cc1OC. The number of piperazine rings is 1. The summed E-state index contributed by atoms with van der Waals surface area (Å²) in [6, 6.07) is 21.3. The van der Waals surface area contributed by atoms with Gasteiger partial charge in [0.1, 0.15) is 30.0 Å². The second kappa shape index (κ2) is 12.3. The van der Waals surface area contributed by atoms with Crippen molar-refractivity contribution in [2.24, 2.45) is 0 Å². The van der Waals surface area contributed by atoms with E-state index in [9.17, 15) is 13.5 Å². The molecule has 0 spiro atoms. The van der Waals surface area contributed by atoms with E-state index in [1.54, 1.807) is 18.2 Å². The number of hydrogen-bond acceptors (Lipinski definition) is 8. The van der Waals surface area contributed by atoms with Gasteiger partial charge in [-0.1, -0.05) is 18.2 Å². The van der Waals surface area contributed by atoms with Crippen LogP contribution in [0.5, 0.6) is 28.7 Å². The van der Waals surface area contributed by atoms with Gasteiger partial charge >= 0.3 is 0 Å². The smallest absolute Gasteiger partial charge is 0.243 e. The zero-order chi connectivity index (χ0) is 26.3. The van der Waals surface area contributed by atoms with Crippen LogP contribution in [0.1, 0.15) is 0 Å². The number of aliphatic hydroxyl groups is 1. The van der Waals surface area contributed by atoms with Crippen LogP contribution in [0.2, 0.25) is 0 Å². The number of nitrogens with zero attached hydrogens (tertiary/aromatic N) is 2. The van der Waals surface area contributed by atoms with Crippen LogP contribution < -0.4 is 18.9 Å². The highest BCUT2D eigenvalue weighted by Gasteiger charge is 2.30. The molecule has 0 saturated carbocycles. The van der Waals surface area contributed by atoms with E-state index >= 15 is 0 Å². The van der Waals surface area contributed by atoms with Crippen molar-refractivity contribution in [2.75, 3.05) is 53.6 Å². The minimum atomic E-state index is -3.67. The van der Waals surface area contributed by atoms with Gasteiger partial charge in [-0.15, -0.1) is 0 Å². The first-order valence-electron chi connectivity index (χ1n) is 12.0. The van der Waals surface area contributed by atoms with Gasteiger partial charge < -0.3 is 24.1 Å². The van der Waals surface area contributed by atoms with Gasteiger partial charge in [0.05, 0.1) is 19.1 Å². The first-order chi connectivity index (χ1) is 17.9. The summed E-state index contributed by atoms with van der Waals surface area (Å²) in [6.07, 6.45) is -0.714. The quantitative estimate of drug-likeness (QED) is 0.405. The summed E-state index contributed by atoms with van der Waals surface area (Å²) in [5, 5.41) is 10.5. The highest BCUT2D eigenvalue weighted by Crippen LogP contribution is 2.31. The monoisotopic (exact) mass is 528 g/mol. The number of hydrogen-bond donors (Lipinski definition) is 1. The highest BCUT2D eigenvalue weighted by atomic mass is 32.2. The van der Waals surface area contributed by atoms with E-state index in [-0.39, 0.29) is 11.5 Å². The largest absolute Gasteiger partial charge is 0.493 e. The molecule has 0 amide bonds. The van der Waals surface area contributed by atoms with Crippen molar-refractivity contribution in [2.45, 2.75) is 11.0 Å². The predicted octanol–water partition coefficient (Wildman–Crippen LogP) is 3.24. The summed E-state index contributed by atoms with van der Waals surface area (Å²) >= 11 is 0. The van der Waals surface area contributed by atoms with Crippen molar-refractivity contribution in [1.29, 1.82) is 0 Å². The number of rotatable bonds is 11. The number of para-hydroxylation sites is 1. The number of methoxy groups -OCH3 is 2. The van der Waals surface area contributed by atoms with Gasteiger partial charge in [-0.3, -0.25) is 4.90 Å². The van der Waals surface area contributed by atoms with E-state index in [0.717, 1.165) is 5.75 Å². The topological polar surface area (TPSA) is 97.8 Å². The summed E-state index contributed by atoms with van der Waals surface area (Å²) in [6.45, 7) is 2.19. The lowest BCUT2D eigenvalue weighted by Crippen LogP contribution is -2.50. The molecule has 3 aromatic carbocycles. The van der Waals surface area contributed by atoms with Crippen LogP contribution in [-0.4, -0.2) is 82.4 Å². The van der Waals surface area contributed by atoms with Crippen LogP contribution >= 0.6 is 0 Å². The van der Waals surface area contributed by atoms with E-state index in [1.165, 1.54) is 30.7 Å². The third-order valence-corrected chi connectivity index (χ3v) is 7.93. The maximum absolute atomic E-state index is 13.1. The Morgan fingerprint density at radius 2 is 1.43 bits per heavy atom. The lowest BCUT2D eigenvalue weighted by molar-refractivity contribution is 0.0569. The molecule has 1 heterocycles. The number of β-amino-alcohol motifs (C(OH)–C–C–N with tert-alkyl or cyclic N) is 1. The summed E-state index contributed by atoms with van der Waals surface area (Å²) in [7, 11) is -0.695. The summed E-state index contributed by atoms with van der Waals surface area (Å²) in [5.74, 6) is 2.91. The molecule has 0 bridgehead atoms. The molecule has 1 aliphatic heterocycles. The van der Waals surface area contributed by atoms with E-state index in [2.05, 4.69) is 0 Å². The zero-order valence-corrected chi connectivity index (χ0v) is 21.8. The summed E-state index contributed by atoms with van der Waals surface area (Å²) in [5.41, 5.74) is 0. The first kappa shape index (κ1) is 26.7. The molecule has 4 rings (SSSR count). The van der Waals surface area contributed by atoms with Crippen molar-refractivity contribution in [3.8, 4) is 28.7 Å². The molecular formula is C27H32N2O7S. The Bertz CT molecular complexity index is 1250. The van der Waals surface area contributed by atoms with Crippen molar-refractivity contribution in [1.82, 2.24) is 9.21 Å². The number of sulfonamides is 1. The molecule has 37 heavy (non-hydrogen) atoms. The summed E-state index contributed by atoms with van der Waals surface area (Å²) in [4.78, 5) is 2.19. The number of ether oxygens (including phenoxy) is 4. The highest BCUT2D eigenvalue weighted by molar-refractivity contribution is 7.89. The fraction of sp³-hybridized carbons (Fsp3) is 0.333. The van der Waals surface area contributed by atoms with Gasteiger partial charge in [-0.05, 0) is 48.5 Å². The molecule has 1 atom stereocenters. The molecule has 0 radical (unpaired) electrons. The van der Waals surface area contributed by atoms with Gasteiger partial charge in [-0.25, -0.2) is 8.42 Å². The Morgan fingerprint density at radius 3 is 2.08 bits per heavy atom. The van der Waals surface area contributed by atoms with Crippen molar-refractivity contribution < 1.29 is 32.5 Å². The van der Waals surface area contributed by atoms with E-state index < -0.39 is 16.1 Å². The molecule has 1 saturated heterocycles. The molecule has 3 aromatic rings. The summed E-state index contributed by atoms with van der Waals surface area (Å²) < 4.78 is 49.6. The minimum absolute atomic E-state index is 0.128. The van der Waals surface area contributed by atoms with Crippen molar-refractivity contribution in [3.63, 3.8) is 0 Å². The molecule has 1 fully saturated rings. The van der Waals surface area contributed by atoms with E-state index in [1.807, 2.05) is 47.4 Å². The van der Waals surface area contributed by atoms with Crippen LogP contribution in [-0.2, 0) is 10.0 Å². The molecule has 1 aliphatic rings. The maximum Gasteiger partial charge on any atom is 0.243 e. The molecule has 1 N–H and O–H groups in total. The molecule has 9 nitrogen and oxygen atoms in total. The predicted molar refractivity (Wildman–Crippen MR) is 139 cm³/mol. The molecule has 198 valence electrons. The van der Waals surface area contributed by atoms with Gasteiger partial charge in [0, 0.05) is 38.8 Å². The van der Waals surface area contributed by atoms with E-state index in [0.29, 0.717) is 55.7 Å². The Morgan fingerprint density at radius 1 is 0.811 bits per heavy atom. The Labute approximate surface area is 217 Å². The number of benzene rings is 3. The fourth-order valence-electron chi connectivity index (χ4n) is 4.05. The maximum atomic E-state index is 13.1. The fourth-order valence-corrected chi connectivity index (χ4v) is 5.49. The third kappa shape index (κ3) is 6.92. The lowest BCUT2D eigenvalue weighted by Gasteiger charge is -2.34. The van der Waals surface area contributed by atoms with Gasteiger partial charge in [0.2, 0.25) is 10.0 Å². The van der Waals surface area contributed by atoms with Crippen molar-refractivity contribution >= 4 is 10.0 Å². The Kier molecular flexibility index (Phi) is 8.88. The second-order valence-corrected chi connectivity index (χ2v) is 10.5. The lowest BCUT2D eigenvalue weighted by atomic mass is 10.3. The Balaban J connectivity index is 1.23. The Hall–Kier alpha value is -3.31. The average Bonchev–Trinajstić information content (AvgIpc) is 2.93. The van der Waals surface area contributed by atoms with Crippen LogP contribution in [0.3, 0.4) is 0 Å². The standard InChI is InChI=1S/C27H32N2O7S/c1-33-26-13-12-25(18-27(26)34-2)37(31,32)29-16-14-28(15-17-29)19-21(30)20-35-22-8-10-24(11-9-22)36-23-6-4-3-5-7-23/h3-13,18,21,30H,14-17,19-20H2,1-2H3/t21-/m1/s1. The molecule has 10 heteroatoms. The zero-order valence-electron chi connectivity index (χ0n) is 20.9. The van der Waals surface area contributed by atoms with Gasteiger partial charge in [-0.2, -0.15) is 4.31 Å². The normalized spacial score (nSPS) is 15.6. The molecule has 0 unspecified atom stereocenters. The minimum Gasteiger partial charge on any atom is -0.493 e. The van der Waals surface area contributed by atoms with Crippen molar-refractivity contribution in [3.05, 3.63) is 72.8 Å². The van der Waals surface area contributed by atoms with Crippen LogP contribution in [0.4, 0.5) is 0 Å². The van der Waals surface area contributed by atoms with Gasteiger partial charge in [0.25, 0.3) is 0 Å². The second-order valence-electron chi connectivity index (χ2n) is 8.57. The third-order valence-electron chi connectivity index (χ3n) is 6.04. The molecule has 0 aliphatic carbocycles. The van der Waals surface area contributed by atoms with Crippen LogP contribution in [0.25, 0.3) is 0 Å². The average molecular weight is 529 g/mol. The molecule has 0 aromatic heterocycles. The number of aliphatic hydroxyl groups excluding tert-OH is 1. The van der Waals surface area contributed by atoms with E-state index in [4.69, 9.17) is 18.9 Å². The van der Waals surface area contributed by atoms with Crippen LogP contribution in [0, 0.1) is 0 Å². The molecular weight excluding hydrogens is 496 g/mol. The van der Waals surface area contributed by atoms with Gasteiger partial charge in [0.15, 0.2) is 11.5 Å².